The van der Waals surface area contributed by atoms with Gasteiger partial charge in [-0.1, -0.05) is 48.5 Å². The maximum absolute atomic E-state index is 12.6. The van der Waals surface area contributed by atoms with E-state index in [0.29, 0.717) is 17.2 Å². The summed E-state index contributed by atoms with van der Waals surface area (Å²) in [6, 6.07) is 20.1. The summed E-state index contributed by atoms with van der Waals surface area (Å²) in [7, 11) is 4.36. The number of anilines is 1. The molecule has 0 fully saturated rings. The lowest BCUT2D eigenvalue weighted by atomic mass is 10.0. The molecule has 0 spiro atoms. The van der Waals surface area contributed by atoms with Crippen LogP contribution in [0, 0.1) is 0 Å². The van der Waals surface area contributed by atoms with Gasteiger partial charge in [-0.3, -0.25) is 4.79 Å². The van der Waals surface area contributed by atoms with Gasteiger partial charge >= 0.3 is 5.97 Å². The first-order chi connectivity index (χ1) is 15.1. The van der Waals surface area contributed by atoms with Crippen molar-refractivity contribution in [1.29, 1.82) is 0 Å². The fourth-order valence-corrected chi connectivity index (χ4v) is 3.05. The highest BCUT2D eigenvalue weighted by molar-refractivity contribution is 5.99. The number of esters is 1. The van der Waals surface area contributed by atoms with Crippen molar-refractivity contribution in [2.24, 2.45) is 0 Å². The SMILES string of the molecule is COc1cc(OC)c(C(=O)OCC(=O)Nc2ccccc2-c2ccccc2)cc1OC. The molecule has 7 nitrogen and oxygen atoms in total. The molecule has 0 heterocycles. The zero-order valence-electron chi connectivity index (χ0n) is 17.5. The lowest BCUT2D eigenvalue weighted by Gasteiger charge is -2.14. The minimum absolute atomic E-state index is 0.123. The predicted molar refractivity (Wildman–Crippen MR) is 117 cm³/mol. The second-order valence-corrected chi connectivity index (χ2v) is 6.44. The predicted octanol–water partition coefficient (Wildman–Crippen LogP) is 4.17. The molecule has 160 valence electrons. The van der Waals surface area contributed by atoms with Crippen molar-refractivity contribution < 1.29 is 28.5 Å². The smallest absolute Gasteiger partial charge is 0.342 e. The van der Waals surface area contributed by atoms with E-state index >= 15 is 0 Å². The van der Waals surface area contributed by atoms with Gasteiger partial charge in [0.15, 0.2) is 18.1 Å². The van der Waals surface area contributed by atoms with Gasteiger partial charge in [-0.2, -0.15) is 0 Å². The molecular weight excluding hydrogens is 398 g/mol. The van der Waals surface area contributed by atoms with Crippen molar-refractivity contribution in [3.8, 4) is 28.4 Å². The molecule has 0 radical (unpaired) electrons. The minimum Gasteiger partial charge on any atom is -0.496 e. The Morgan fingerprint density at radius 2 is 1.39 bits per heavy atom. The van der Waals surface area contributed by atoms with Crippen LogP contribution in [0.25, 0.3) is 11.1 Å². The molecule has 0 bridgehead atoms. The Bertz CT molecular complexity index is 1060. The van der Waals surface area contributed by atoms with Gasteiger partial charge in [-0.25, -0.2) is 4.79 Å². The van der Waals surface area contributed by atoms with Crippen molar-refractivity contribution in [2.75, 3.05) is 33.3 Å². The third kappa shape index (κ3) is 5.14. The summed E-state index contributed by atoms with van der Waals surface area (Å²) in [5.74, 6) is -0.180. The number of carbonyl (C=O) groups excluding carboxylic acids is 2. The Balaban J connectivity index is 1.71. The first-order valence-electron chi connectivity index (χ1n) is 9.48. The number of methoxy groups -OCH3 is 3. The summed E-state index contributed by atoms with van der Waals surface area (Å²) in [5.41, 5.74) is 2.57. The van der Waals surface area contributed by atoms with Crippen LogP contribution in [-0.4, -0.2) is 39.8 Å². The first kappa shape index (κ1) is 21.7. The van der Waals surface area contributed by atoms with Crippen LogP contribution < -0.4 is 19.5 Å². The van der Waals surface area contributed by atoms with Gasteiger partial charge in [0.1, 0.15) is 11.3 Å². The zero-order chi connectivity index (χ0) is 22.2. The molecule has 0 saturated heterocycles. The van der Waals surface area contributed by atoms with Crippen LogP contribution in [0.4, 0.5) is 5.69 Å². The lowest BCUT2D eigenvalue weighted by Crippen LogP contribution is -2.21. The zero-order valence-corrected chi connectivity index (χ0v) is 17.5. The highest BCUT2D eigenvalue weighted by Gasteiger charge is 2.20. The molecule has 0 aliphatic heterocycles. The van der Waals surface area contributed by atoms with E-state index in [9.17, 15) is 9.59 Å². The number of hydrogen-bond acceptors (Lipinski definition) is 6. The molecule has 1 amide bonds. The van der Waals surface area contributed by atoms with Gasteiger partial charge in [0.25, 0.3) is 5.91 Å². The van der Waals surface area contributed by atoms with E-state index in [4.69, 9.17) is 18.9 Å². The standard InChI is InChI=1S/C24H23NO6/c1-28-20-14-22(30-3)21(29-2)13-18(20)24(27)31-15-23(26)25-19-12-8-7-11-17(19)16-9-5-4-6-10-16/h4-14H,15H2,1-3H3,(H,25,26). The summed E-state index contributed by atoms with van der Waals surface area (Å²) >= 11 is 0. The van der Waals surface area contributed by atoms with Crippen molar-refractivity contribution in [1.82, 2.24) is 0 Å². The molecule has 3 aromatic carbocycles. The number of carbonyl (C=O) groups is 2. The monoisotopic (exact) mass is 421 g/mol. The minimum atomic E-state index is -0.718. The molecular formula is C24H23NO6. The Kier molecular flexibility index (Phi) is 7.11. The summed E-state index contributed by atoms with van der Waals surface area (Å²) in [6.45, 7) is -0.459. The molecule has 0 atom stereocenters. The van der Waals surface area contributed by atoms with E-state index in [1.54, 1.807) is 6.07 Å². The van der Waals surface area contributed by atoms with Gasteiger partial charge in [0.05, 0.1) is 21.3 Å². The van der Waals surface area contributed by atoms with Crippen LogP contribution in [0.3, 0.4) is 0 Å². The molecule has 1 N–H and O–H groups in total. The Morgan fingerprint density at radius 1 is 0.774 bits per heavy atom. The van der Waals surface area contributed by atoms with Gasteiger partial charge in [-0.15, -0.1) is 0 Å². The van der Waals surface area contributed by atoms with Crippen molar-refractivity contribution in [3.05, 3.63) is 72.3 Å². The third-order valence-corrected chi connectivity index (χ3v) is 4.55. The molecule has 3 rings (SSSR count). The number of hydrogen-bond donors (Lipinski definition) is 1. The molecule has 7 heteroatoms. The average molecular weight is 421 g/mol. The Hall–Kier alpha value is -4.00. The number of para-hydroxylation sites is 1. The first-order valence-corrected chi connectivity index (χ1v) is 9.48. The molecule has 0 aliphatic rings. The van der Waals surface area contributed by atoms with Crippen LogP contribution >= 0.6 is 0 Å². The summed E-state index contributed by atoms with van der Waals surface area (Å²) < 4.78 is 20.9. The number of rotatable bonds is 8. The fourth-order valence-electron chi connectivity index (χ4n) is 3.05. The van der Waals surface area contributed by atoms with Crippen LogP contribution in [-0.2, 0) is 9.53 Å². The van der Waals surface area contributed by atoms with E-state index in [-0.39, 0.29) is 11.3 Å². The molecule has 3 aromatic rings. The Morgan fingerprint density at radius 3 is 2.06 bits per heavy atom. The van der Waals surface area contributed by atoms with Gasteiger partial charge < -0.3 is 24.3 Å². The van der Waals surface area contributed by atoms with E-state index in [0.717, 1.165) is 11.1 Å². The van der Waals surface area contributed by atoms with Crippen LogP contribution in [0.1, 0.15) is 10.4 Å². The quantitative estimate of drug-likeness (QED) is 0.550. The van der Waals surface area contributed by atoms with Gasteiger partial charge in [-0.05, 0) is 11.6 Å². The maximum Gasteiger partial charge on any atom is 0.342 e. The number of benzene rings is 3. The largest absolute Gasteiger partial charge is 0.496 e. The molecule has 0 saturated carbocycles. The van der Waals surface area contributed by atoms with Crippen LogP contribution in [0.5, 0.6) is 17.2 Å². The van der Waals surface area contributed by atoms with E-state index in [1.165, 1.54) is 33.5 Å². The summed E-state index contributed by atoms with van der Waals surface area (Å²) in [6.07, 6.45) is 0. The lowest BCUT2D eigenvalue weighted by molar-refractivity contribution is -0.119. The van der Waals surface area contributed by atoms with Crippen molar-refractivity contribution >= 4 is 17.6 Å². The molecule has 0 aliphatic carbocycles. The molecule has 0 unspecified atom stereocenters. The second kappa shape index (κ2) is 10.2. The number of amides is 1. The normalized spacial score (nSPS) is 10.2. The average Bonchev–Trinajstić information content (AvgIpc) is 2.82. The van der Waals surface area contributed by atoms with Crippen LogP contribution in [0.2, 0.25) is 0 Å². The van der Waals surface area contributed by atoms with Crippen molar-refractivity contribution in [2.45, 2.75) is 0 Å². The topological polar surface area (TPSA) is 83.1 Å². The van der Waals surface area contributed by atoms with E-state index in [1.807, 2.05) is 48.5 Å². The second-order valence-electron chi connectivity index (χ2n) is 6.44. The van der Waals surface area contributed by atoms with Gasteiger partial charge in [0.2, 0.25) is 0 Å². The molecule has 31 heavy (non-hydrogen) atoms. The molecule has 0 aromatic heterocycles. The van der Waals surface area contributed by atoms with Crippen LogP contribution in [0.15, 0.2) is 66.7 Å². The van der Waals surface area contributed by atoms with Crippen molar-refractivity contribution in [3.63, 3.8) is 0 Å². The highest BCUT2D eigenvalue weighted by Crippen LogP contribution is 2.35. The fraction of sp³-hybridized carbons (Fsp3) is 0.167. The third-order valence-electron chi connectivity index (χ3n) is 4.55. The van der Waals surface area contributed by atoms with E-state index in [2.05, 4.69) is 5.32 Å². The van der Waals surface area contributed by atoms with Gasteiger partial charge in [0, 0.05) is 23.4 Å². The Labute approximate surface area is 180 Å². The maximum atomic E-state index is 12.6. The number of nitrogens with one attached hydrogen (secondary N) is 1. The summed E-state index contributed by atoms with van der Waals surface area (Å²) in [5, 5.41) is 2.79. The highest BCUT2D eigenvalue weighted by atomic mass is 16.5. The van der Waals surface area contributed by atoms with E-state index < -0.39 is 18.5 Å². The summed E-state index contributed by atoms with van der Waals surface area (Å²) in [4.78, 5) is 25.0. The number of ether oxygens (including phenoxy) is 4.